The van der Waals surface area contributed by atoms with Crippen molar-refractivity contribution in [3.8, 4) is 22.4 Å². The zero-order valence-corrected chi connectivity index (χ0v) is 34.5. The van der Waals surface area contributed by atoms with Gasteiger partial charge in [0, 0.05) is 50.2 Å². The molecule has 5 heterocycles. The maximum absolute atomic E-state index is 14.0. The third-order valence-electron chi connectivity index (χ3n) is 12.9. The van der Waals surface area contributed by atoms with Crippen LogP contribution >= 0.6 is 0 Å². The van der Waals surface area contributed by atoms with E-state index in [0.29, 0.717) is 32.6 Å². The lowest BCUT2D eigenvalue weighted by Crippen LogP contribution is -2.53. The molecule has 3 amide bonds. The molecule has 3 atom stereocenters. The van der Waals surface area contributed by atoms with Crippen molar-refractivity contribution < 1.29 is 28.6 Å². The summed E-state index contributed by atoms with van der Waals surface area (Å²) in [7, 11) is 1.32. The number of likely N-dealkylation sites (tertiary alicyclic amines) is 2. The first kappa shape index (κ1) is 39.0. The van der Waals surface area contributed by atoms with Crippen molar-refractivity contribution in [2.24, 2.45) is 16.3 Å². The van der Waals surface area contributed by atoms with Crippen LogP contribution in [0.5, 0.6) is 0 Å². The van der Waals surface area contributed by atoms with E-state index in [0.717, 1.165) is 82.5 Å². The van der Waals surface area contributed by atoms with E-state index >= 15 is 0 Å². The lowest BCUT2D eigenvalue weighted by Gasteiger charge is -2.34. The predicted octanol–water partition coefficient (Wildman–Crippen LogP) is 8.69. The molecule has 1 saturated carbocycles. The van der Waals surface area contributed by atoms with Gasteiger partial charge in [-0.3, -0.25) is 14.7 Å². The smallest absolute Gasteiger partial charge is 0.410 e. The summed E-state index contributed by atoms with van der Waals surface area (Å²) in [5.41, 5.74) is 7.25. The number of imidazole rings is 1. The van der Waals surface area contributed by atoms with Crippen LogP contribution in [-0.2, 0) is 19.0 Å². The molecule has 1 aliphatic carbocycles. The molecule has 2 N–H and O–H groups in total. The summed E-state index contributed by atoms with van der Waals surface area (Å²) in [5, 5.41) is 5.08. The standard InChI is InChI=1S/C47H54N6O6/c1-46(2,3)59-45(56)53-28-47(17-18-47)25-40(53)37-24-36(26-48-37)30-9-7-29(8-10-30)32-11-12-34-23-35(14-13-33(34)22-32)38-27-49-42(50-38)39-6-5-19-52(39)43(54)41(51-44(55)57-4)31-15-20-58-21-16-31/h7-14,22-23,26-27,31,39-41H,5-6,15-21,24-25,28H2,1-4H3,(H,49,50)(H,51,55)/t39-,40-,41-/m0/s1. The third-order valence-corrected chi connectivity index (χ3v) is 12.9. The summed E-state index contributed by atoms with van der Waals surface area (Å²) in [6.07, 6.45) is 10.1. The van der Waals surface area contributed by atoms with Crippen molar-refractivity contribution in [1.29, 1.82) is 0 Å². The molecular weight excluding hydrogens is 745 g/mol. The number of methoxy groups -OCH3 is 1. The first-order chi connectivity index (χ1) is 28.5. The second kappa shape index (κ2) is 15.6. The molecule has 5 aliphatic rings. The zero-order chi connectivity index (χ0) is 40.9. The van der Waals surface area contributed by atoms with Crippen LogP contribution in [-0.4, -0.2) is 94.7 Å². The molecule has 3 aromatic carbocycles. The molecule has 9 rings (SSSR count). The Kier molecular flexibility index (Phi) is 10.3. The number of nitrogens with zero attached hydrogens (tertiary/aromatic N) is 4. The van der Waals surface area contributed by atoms with Crippen molar-refractivity contribution in [2.45, 2.75) is 95.9 Å². The molecule has 3 saturated heterocycles. The molecule has 0 bridgehead atoms. The highest BCUT2D eigenvalue weighted by Crippen LogP contribution is 2.55. The van der Waals surface area contributed by atoms with Gasteiger partial charge in [0.2, 0.25) is 5.91 Å². The molecule has 12 nitrogen and oxygen atoms in total. The maximum Gasteiger partial charge on any atom is 0.410 e. The van der Waals surface area contributed by atoms with Gasteiger partial charge in [-0.05, 0) is 122 Å². The van der Waals surface area contributed by atoms with Gasteiger partial charge in [0.05, 0.1) is 31.1 Å². The number of amides is 3. The normalized spacial score (nSPS) is 22.0. The Morgan fingerprint density at radius 3 is 2.31 bits per heavy atom. The number of aromatic nitrogens is 2. The number of fused-ring (bicyclic) bond motifs is 1. The Labute approximate surface area is 345 Å². The summed E-state index contributed by atoms with van der Waals surface area (Å²) < 4.78 is 16.2. The number of carbonyl (C=O) groups is 3. The van der Waals surface area contributed by atoms with Gasteiger partial charge in [-0.25, -0.2) is 14.6 Å². The SMILES string of the molecule is COC(=O)N[C@H](C(=O)N1CCC[C@H]1c1ncc(-c2ccc3cc(-c4ccc(C5=CN=C([C@@H]6CC7(CC7)CN6C(=O)OC(C)(C)C)C5)cc4)ccc3c2)[nH]1)C1CCOCC1. The van der Waals surface area contributed by atoms with Gasteiger partial charge in [-0.1, -0.05) is 48.5 Å². The minimum Gasteiger partial charge on any atom is -0.453 e. The third kappa shape index (κ3) is 8.11. The van der Waals surface area contributed by atoms with E-state index < -0.39 is 17.7 Å². The Bertz CT molecular complexity index is 2310. The number of carbonyl (C=O) groups excluding carboxylic acids is 3. The maximum atomic E-state index is 14.0. The van der Waals surface area contributed by atoms with E-state index in [2.05, 4.69) is 71.0 Å². The fourth-order valence-electron chi connectivity index (χ4n) is 9.47. The number of H-pyrrole nitrogens is 1. The van der Waals surface area contributed by atoms with Crippen molar-refractivity contribution in [3.05, 3.63) is 84.4 Å². The van der Waals surface area contributed by atoms with Crippen LogP contribution in [0.3, 0.4) is 0 Å². The molecule has 0 unspecified atom stereocenters. The minimum atomic E-state index is -0.672. The Morgan fingerprint density at radius 2 is 1.59 bits per heavy atom. The summed E-state index contributed by atoms with van der Waals surface area (Å²) in [5.74, 6) is 0.631. The number of nitrogens with one attached hydrogen (secondary N) is 2. The number of hydrogen-bond donors (Lipinski definition) is 2. The van der Waals surface area contributed by atoms with E-state index in [1.165, 1.54) is 25.5 Å². The van der Waals surface area contributed by atoms with Gasteiger partial charge < -0.3 is 29.4 Å². The summed E-state index contributed by atoms with van der Waals surface area (Å²) >= 11 is 0. The second-order valence-electron chi connectivity index (χ2n) is 18.1. The Balaban J connectivity index is 0.855. The first-order valence-corrected chi connectivity index (χ1v) is 21.1. The molecule has 59 heavy (non-hydrogen) atoms. The Morgan fingerprint density at radius 1 is 0.898 bits per heavy atom. The van der Waals surface area contributed by atoms with Gasteiger partial charge in [0.1, 0.15) is 17.5 Å². The number of rotatable bonds is 8. The zero-order valence-electron chi connectivity index (χ0n) is 34.5. The number of aliphatic imine (C=N–C) groups is 1. The summed E-state index contributed by atoms with van der Waals surface area (Å²) in [4.78, 5) is 56.4. The topological polar surface area (TPSA) is 138 Å². The fraction of sp³-hybridized carbons (Fsp3) is 0.468. The number of aromatic amines is 1. The van der Waals surface area contributed by atoms with Crippen LogP contribution in [0.15, 0.2) is 78.1 Å². The van der Waals surface area contributed by atoms with Crippen LogP contribution in [0.25, 0.3) is 38.7 Å². The van der Waals surface area contributed by atoms with Gasteiger partial charge in [0.25, 0.3) is 0 Å². The molecule has 0 radical (unpaired) electrons. The highest BCUT2D eigenvalue weighted by Gasteiger charge is 2.55. The van der Waals surface area contributed by atoms with Gasteiger partial charge in [-0.2, -0.15) is 0 Å². The van der Waals surface area contributed by atoms with Crippen LogP contribution in [0, 0.1) is 11.3 Å². The lowest BCUT2D eigenvalue weighted by molar-refractivity contribution is -0.136. The van der Waals surface area contributed by atoms with Crippen LogP contribution in [0.2, 0.25) is 0 Å². The molecule has 12 heteroatoms. The first-order valence-electron chi connectivity index (χ1n) is 21.1. The highest BCUT2D eigenvalue weighted by atomic mass is 16.6. The molecular formula is C47H54N6O6. The number of allylic oxidation sites excluding steroid dienone is 1. The van der Waals surface area contributed by atoms with Gasteiger partial charge in [-0.15, -0.1) is 0 Å². The van der Waals surface area contributed by atoms with Crippen molar-refractivity contribution in [1.82, 2.24) is 25.1 Å². The average Bonchev–Trinajstić information content (AvgIpc) is 3.77. The molecule has 4 aliphatic heterocycles. The number of benzene rings is 3. The fourth-order valence-corrected chi connectivity index (χ4v) is 9.47. The number of ether oxygens (including phenoxy) is 3. The molecule has 1 aromatic heterocycles. The second-order valence-corrected chi connectivity index (χ2v) is 18.1. The predicted molar refractivity (Wildman–Crippen MR) is 227 cm³/mol. The quantitative estimate of drug-likeness (QED) is 0.182. The Hall–Kier alpha value is -5.49. The van der Waals surface area contributed by atoms with E-state index in [1.807, 2.05) is 43.0 Å². The van der Waals surface area contributed by atoms with E-state index in [4.69, 9.17) is 24.2 Å². The average molecular weight is 799 g/mol. The summed E-state index contributed by atoms with van der Waals surface area (Å²) in [6.45, 7) is 8.26. The van der Waals surface area contributed by atoms with Gasteiger partial charge >= 0.3 is 12.2 Å². The molecule has 4 fully saturated rings. The largest absolute Gasteiger partial charge is 0.453 e. The summed E-state index contributed by atoms with van der Waals surface area (Å²) in [6, 6.07) is 20.8. The van der Waals surface area contributed by atoms with Crippen LogP contribution in [0.1, 0.15) is 89.6 Å². The van der Waals surface area contributed by atoms with E-state index in [-0.39, 0.29) is 35.4 Å². The van der Waals surface area contributed by atoms with Crippen molar-refractivity contribution in [2.75, 3.05) is 33.4 Å². The minimum absolute atomic E-state index is 0.0133. The lowest BCUT2D eigenvalue weighted by atomic mass is 9.90. The number of hydrogen-bond acceptors (Lipinski definition) is 8. The number of alkyl carbamates (subject to hydrolysis) is 1. The van der Waals surface area contributed by atoms with Gasteiger partial charge in [0.15, 0.2) is 0 Å². The highest BCUT2D eigenvalue weighted by molar-refractivity contribution is 6.03. The van der Waals surface area contributed by atoms with Crippen LogP contribution < -0.4 is 5.32 Å². The van der Waals surface area contributed by atoms with Crippen molar-refractivity contribution in [3.63, 3.8) is 0 Å². The monoisotopic (exact) mass is 798 g/mol. The van der Waals surface area contributed by atoms with E-state index in [1.54, 1.807) is 0 Å². The van der Waals surface area contributed by atoms with Crippen LogP contribution in [0.4, 0.5) is 9.59 Å². The van der Waals surface area contributed by atoms with E-state index in [9.17, 15) is 14.4 Å². The molecule has 4 aromatic rings. The van der Waals surface area contributed by atoms with Crippen molar-refractivity contribution >= 4 is 40.2 Å². The molecule has 1 spiro atoms. The molecule has 308 valence electrons.